The molecule has 2 aliphatic heterocycles. The van der Waals surface area contributed by atoms with Crippen molar-refractivity contribution >= 4 is 50.3 Å². The molecule has 5 rings (SSSR count). The van der Waals surface area contributed by atoms with Gasteiger partial charge in [-0.3, -0.25) is 9.69 Å². The summed E-state index contributed by atoms with van der Waals surface area (Å²) in [6.07, 6.45) is 4.65. The molecule has 0 bridgehead atoms. The van der Waals surface area contributed by atoms with E-state index in [9.17, 15) is 13.2 Å². The Hall–Kier alpha value is -2.83. The summed E-state index contributed by atoms with van der Waals surface area (Å²) < 4.78 is 36.3. The van der Waals surface area contributed by atoms with Crippen molar-refractivity contribution in [3.8, 4) is 16.9 Å². The average Bonchev–Trinajstić information content (AvgIpc) is 3.47. The molecule has 0 aliphatic carbocycles. The predicted octanol–water partition coefficient (Wildman–Crippen LogP) is 5.05. The number of carbonyl (C=O) groups is 1. The second-order valence-electron chi connectivity index (χ2n) is 10.3. The average molecular weight is 597 g/mol. The van der Waals surface area contributed by atoms with Gasteiger partial charge in [0, 0.05) is 37.5 Å². The number of thiocarbonyl (C=S) groups is 1. The number of nitrogens with zero attached hydrogens (tertiary/aromatic N) is 4. The molecule has 2 unspecified atom stereocenters. The molecule has 8 nitrogen and oxygen atoms in total. The molecular formula is C29H32N4O4S3. The minimum absolute atomic E-state index is 0.185. The number of aromatic nitrogens is 2. The van der Waals surface area contributed by atoms with Crippen LogP contribution in [0.25, 0.3) is 23.0 Å². The fourth-order valence-corrected chi connectivity index (χ4v) is 8.23. The highest BCUT2D eigenvalue weighted by molar-refractivity contribution is 8.26. The van der Waals surface area contributed by atoms with Gasteiger partial charge < -0.3 is 4.74 Å². The van der Waals surface area contributed by atoms with Crippen molar-refractivity contribution in [1.29, 1.82) is 0 Å². The zero-order valence-electron chi connectivity index (χ0n) is 22.7. The Morgan fingerprint density at radius 2 is 1.82 bits per heavy atom. The first-order chi connectivity index (χ1) is 19.2. The van der Waals surface area contributed by atoms with Crippen LogP contribution >= 0.6 is 24.0 Å². The first kappa shape index (κ1) is 28.7. The van der Waals surface area contributed by atoms with Crippen molar-refractivity contribution in [2.24, 2.45) is 11.8 Å². The van der Waals surface area contributed by atoms with Crippen molar-refractivity contribution in [2.45, 2.75) is 25.2 Å². The van der Waals surface area contributed by atoms with E-state index in [-0.39, 0.29) is 10.8 Å². The molecule has 0 saturated carbocycles. The summed E-state index contributed by atoms with van der Waals surface area (Å²) in [7, 11) is -2.10. The van der Waals surface area contributed by atoms with E-state index in [0.717, 1.165) is 12.1 Å². The lowest BCUT2D eigenvalue weighted by molar-refractivity contribution is -0.122. The van der Waals surface area contributed by atoms with Crippen molar-refractivity contribution in [2.75, 3.05) is 33.4 Å². The fraction of sp³-hybridized carbons (Fsp3) is 0.345. The van der Waals surface area contributed by atoms with Gasteiger partial charge in [0.15, 0.2) is 0 Å². The summed E-state index contributed by atoms with van der Waals surface area (Å²) in [6.45, 7) is 5.96. The highest BCUT2D eigenvalue weighted by Gasteiger charge is 2.33. The lowest BCUT2D eigenvalue weighted by Crippen LogP contribution is -2.42. The van der Waals surface area contributed by atoms with Gasteiger partial charge in [-0.1, -0.05) is 68.2 Å². The van der Waals surface area contributed by atoms with E-state index in [0.29, 0.717) is 64.1 Å². The van der Waals surface area contributed by atoms with E-state index in [1.165, 1.54) is 16.7 Å². The first-order valence-corrected chi connectivity index (χ1v) is 15.8. The third-order valence-corrected chi connectivity index (χ3v) is 10.2. The molecule has 11 heteroatoms. The number of para-hydroxylation sites is 1. The van der Waals surface area contributed by atoms with Gasteiger partial charge in [-0.2, -0.15) is 9.40 Å². The van der Waals surface area contributed by atoms with Crippen molar-refractivity contribution in [1.82, 2.24) is 19.0 Å². The van der Waals surface area contributed by atoms with E-state index in [4.69, 9.17) is 22.1 Å². The molecule has 40 heavy (non-hydrogen) atoms. The third kappa shape index (κ3) is 5.94. The SMILES string of the molecule is COCCN1C(=O)C(=Cc2cn(-c3ccccc3)nc2-c2cccc(S(=O)(=O)N3CC(C)CC(C)C3)c2)SC1=S. The molecule has 0 N–H and O–H groups in total. The van der Waals surface area contributed by atoms with E-state index >= 15 is 0 Å². The molecule has 2 fully saturated rings. The lowest BCUT2D eigenvalue weighted by Gasteiger charge is -2.34. The molecule has 0 spiro atoms. The van der Waals surface area contributed by atoms with Gasteiger partial charge in [-0.15, -0.1) is 0 Å². The Kier molecular flexibility index (Phi) is 8.58. The van der Waals surface area contributed by atoms with Gasteiger partial charge in [-0.05, 0) is 48.6 Å². The Balaban J connectivity index is 1.56. The normalized spacial score (nSPS) is 21.5. The van der Waals surface area contributed by atoms with Crippen molar-refractivity contribution < 1.29 is 17.9 Å². The van der Waals surface area contributed by atoms with E-state index in [1.54, 1.807) is 40.4 Å². The number of hydrogen-bond acceptors (Lipinski definition) is 7. The minimum Gasteiger partial charge on any atom is -0.383 e. The summed E-state index contributed by atoms with van der Waals surface area (Å²) >= 11 is 6.68. The highest BCUT2D eigenvalue weighted by atomic mass is 32.2. The molecule has 2 aliphatic rings. The maximum Gasteiger partial charge on any atom is 0.266 e. The molecule has 0 radical (unpaired) electrons. The van der Waals surface area contributed by atoms with Crippen LogP contribution in [0.3, 0.4) is 0 Å². The number of ether oxygens (including phenoxy) is 1. The van der Waals surface area contributed by atoms with Crippen LogP contribution in [-0.4, -0.2) is 71.0 Å². The number of carbonyl (C=O) groups excluding carboxylic acids is 1. The van der Waals surface area contributed by atoms with Gasteiger partial charge >= 0.3 is 0 Å². The van der Waals surface area contributed by atoms with Gasteiger partial charge in [0.25, 0.3) is 5.91 Å². The van der Waals surface area contributed by atoms with Crippen molar-refractivity contribution in [3.05, 3.63) is 71.3 Å². The number of amides is 1. The van der Waals surface area contributed by atoms with Crippen LogP contribution in [0.15, 0.2) is 70.6 Å². The monoisotopic (exact) mass is 596 g/mol. The second-order valence-corrected chi connectivity index (χ2v) is 13.9. The topological polar surface area (TPSA) is 84.7 Å². The smallest absolute Gasteiger partial charge is 0.266 e. The van der Waals surface area contributed by atoms with Gasteiger partial charge in [0.1, 0.15) is 10.0 Å². The van der Waals surface area contributed by atoms with Crippen LogP contribution in [0.5, 0.6) is 0 Å². The Morgan fingerprint density at radius 3 is 2.52 bits per heavy atom. The summed E-state index contributed by atoms with van der Waals surface area (Å²) in [5, 5.41) is 4.84. The highest BCUT2D eigenvalue weighted by Crippen LogP contribution is 2.35. The summed E-state index contributed by atoms with van der Waals surface area (Å²) in [5.74, 6) is 0.421. The predicted molar refractivity (Wildman–Crippen MR) is 162 cm³/mol. The molecule has 3 heterocycles. The number of hydrogen-bond donors (Lipinski definition) is 0. The number of benzene rings is 2. The molecule has 2 saturated heterocycles. The molecular weight excluding hydrogens is 565 g/mol. The zero-order valence-corrected chi connectivity index (χ0v) is 25.1. The third-order valence-electron chi connectivity index (χ3n) is 7.02. The summed E-state index contributed by atoms with van der Waals surface area (Å²) in [4.78, 5) is 15.4. The molecule has 3 aromatic rings. The Morgan fingerprint density at radius 1 is 1.10 bits per heavy atom. The quantitative estimate of drug-likeness (QED) is 0.266. The molecule has 2 atom stereocenters. The van der Waals surface area contributed by atoms with Gasteiger partial charge in [-0.25, -0.2) is 13.1 Å². The largest absolute Gasteiger partial charge is 0.383 e. The summed E-state index contributed by atoms with van der Waals surface area (Å²) in [6, 6.07) is 16.5. The molecule has 1 aromatic heterocycles. The molecule has 2 aromatic carbocycles. The first-order valence-electron chi connectivity index (χ1n) is 13.2. The Bertz CT molecular complexity index is 1540. The van der Waals surface area contributed by atoms with Crippen LogP contribution in [-0.2, 0) is 19.6 Å². The van der Waals surface area contributed by atoms with E-state index in [2.05, 4.69) is 13.8 Å². The van der Waals surface area contributed by atoms with Crippen molar-refractivity contribution in [3.63, 3.8) is 0 Å². The summed E-state index contributed by atoms with van der Waals surface area (Å²) in [5.41, 5.74) is 2.75. The maximum atomic E-state index is 13.7. The number of sulfonamides is 1. The zero-order chi connectivity index (χ0) is 28.4. The number of piperidine rings is 1. The fourth-order valence-electron chi connectivity index (χ4n) is 5.20. The van der Waals surface area contributed by atoms with Crippen LogP contribution in [0, 0.1) is 11.8 Å². The van der Waals surface area contributed by atoms with Gasteiger partial charge in [0.2, 0.25) is 10.0 Å². The standard InChI is InChI=1S/C29H32N4O4S3/c1-20-14-21(2)18-31(17-20)40(35,36)25-11-7-8-22(15-25)27-23(19-33(30-27)24-9-5-4-6-10-24)16-26-28(34)32(12-13-37-3)29(38)39-26/h4-11,15-16,19-21H,12-14,17-18H2,1-3H3. The minimum atomic E-state index is -3.68. The lowest BCUT2D eigenvalue weighted by atomic mass is 9.94. The van der Waals surface area contributed by atoms with Crippen LogP contribution in [0.2, 0.25) is 0 Å². The molecule has 1 amide bonds. The molecule has 210 valence electrons. The number of methoxy groups -OCH3 is 1. The second kappa shape index (κ2) is 12.0. The number of rotatable bonds is 8. The van der Waals surface area contributed by atoms with Gasteiger partial charge in [0.05, 0.1) is 28.6 Å². The van der Waals surface area contributed by atoms with E-state index in [1.807, 2.05) is 42.6 Å². The Labute approximate surface area is 245 Å². The van der Waals surface area contributed by atoms with Crippen LogP contribution in [0.4, 0.5) is 0 Å². The van der Waals surface area contributed by atoms with E-state index < -0.39 is 10.0 Å². The van der Waals surface area contributed by atoms with Crippen LogP contribution in [0.1, 0.15) is 25.8 Å². The van der Waals surface area contributed by atoms with Crippen LogP contribution < -0.4 is 0 Å². The maximum absolute atomic E-state index is 13.7. The number of thioether (sulfide) groups is 1.